The molecule has 0 saturated carbocycles. The molecular weight excluding hydrogens is 366 g/mol. The fourth-order valence-corrected chi connectivity index (χ4v) is 2.62. The van der Waals surface area contributed by atoms with Crippen molar-refractivity contribution in [2.75, 3.05) is 17.2 Å². The maximum atomic E-state index is 12.5. The number of anilines is 2. The van der Waals surface area contributed by atoms with Crippen molar-refractivity contribution >= 4 is 23.3 Å². The number of carbonyl (C=O) groups is 2. The van der Waals surface area contributed by atoms with Gasteiger partial charge in [-0.05, 0) is 44.0 Å². The summed E-state index contributed by atoms with van der Waals surface area (Å²) in [7, 11) is 0. The SMILES string of the molecule is CCCCOC(=O)c1ccccc1N/C=C(/C#N)C(=O)Nc1ccc(C)cc1C. The van der Waals surface area contributed by atoms with E-state index in [9.17, 15) is 14.9 Å². The number of hydrogen-bond donors (Lipinski definition) is 2. The third kappa shape index (κ3) is 6.22. The summed E-state index contributed by atoms with van der Waals surface area (Å²) in [4.78, 5) is 24.7. The minimum absolute atomic E-state index is 0.112. The molecule has 0 atom stereocenters. The summed E-state index contributed by atoms with van der Waals surface area (Å²) in [6, 6.07) is 14.3. The summed E-state index contributed by atoms with van der Waals surface area (Å²) in [5, 5.41) is 15.0. The lowest BCUT2D eigenvalue weighted by molar-refractivity contribution is -0.112. The zero-order valence-corrected chi connectivity index (χ0v) is 16.9. The van der Waals surface area contributed by atoms with Gasteiger partial charge in [-0.2, -0.15) is 5.26 Å². The predicted molar refractivity (Wildman–Crippen MR) is 113 cm³/mol. The summed E-state index contributed by atoms with van der Waals surface area (Å²) in [6.45, 7) is 6.22. The number of aryl methyl sites for hydroxylation is 2. The molecular formula is C23H25N3O3. The van der Waals surface area contributed by atoms with Gasteiger partial charge >= 0.3 is 5.97 Å². The first-order chi connectivity index (χ1) is 14.0. The zero-order valence-electron chi connectivity index (χ0n) is 16.9. The van der Waals surface area contributed by atoms with Crippen LogP contribution in [0.3, 0.4) is 0 Å². The second kappa shape index (κ2) is 10.7. The number of ether oxygens (including phenoxy) is 1. The van der Waals surface area contributed by atoms with Crippen molar-refractivity contribution in [3.63, 3.8) is 0 Å². The van der Waals surface area contributed by atoms with E-state index in [0.29, 0.717) is 23.5 Å². The van der Waals surface area contributed by atoms with E-state index in [-0.39, 0.29) is 5.57 Å². The van der Waals surface area contributed by atoms with Crippen molar-refractivity contribution in [2.45, 2.75) is 33.6 Å². The summed E-state index contributed by atoms with van der Waals surface area (Å²) in [5.41, 5.74) is 3.32. The molecule has 0 aromatic heterocycles. The molecule has 6 heteroatoms. The zero-order chi connectivity index (χ0) is 21.2. The second-order valence-corrected chi connectivity index (χ2v) is 6.62. The van der Waals surface area contributed by atoms with E-state index in [1.807, 2.05) is 39.0 Å². The van der Waals surface area contributed by atoms with Crippen LogP contribution in [0.1, 0.15) is 41.3 Å². The van der Waals surface area contributed by atoms with Gasteiger partial charge in [0, 0.05) is 11.9 Å². The number of benzene rings is 2. The Morgan fingerprint density at radius 1 is 1.14 bits per heavy atom. The van der Waals surface area contributed by atoms with E-state index < -0.39 is 11.9 Å². The van der Waals surface area contributed by atoms with Gasteiger partial charge in [-0.15, -0.1) is 0 Å². The number of carbonyl (C=O) groups excluding carboxylic acids is 2. The minimum atomic E-state index is -0.532. The molecule has 0 heterocycles. The predicted octanol–water partition coefficient (Wildman–Crippen LogP) is 4.72. The second-order valence-electron chi connectivity index (χ2n) is 6.62. The molecule has 0 radical (unpaired) electrons. The van der Waals surface area contributed by atoms with Crippen molar-refractivity contribution < 1.29 is 14.3 Å². The van der Waals surface area contributed by atoms with Crippen molar-refractivity contribution in [2.24, 2.45) is 0 Å². The number of nitrogens with zero attached hydrogens (tertiary/aromatic N) is 1. The van der Waals surface area contributed by atoms with Crippen LogP contribution in [0.4, 0.5) is 11.4 Å². The first-order valence-corrected chi connectivity index (χ1v) is 9.47. The van der Waals surface area contributed by atoms with E-state index in [1.54, 1.807) is 30.3 Å². The fourth-order valence-electron chi connectivity index (χ4n) is 2.62. The summed E-state index contributed by atoms with van der Waals surface area (Å²) in [6.07, 6.45) is 3.01. The molecule has 150 valence electrons. The monoisotopic (exact) mass is 391 g/mol. The molecule has 0 aliphatic heterocycles. The smallest absolute Gasteiger partial charge is 0.340 e. The lowest BCUT2D eigenvalue weighted by atomic mass is 10.1. The molecule has 2 aromatic carbocycles. The lowest BCUT2D eigenvalue weighted by Crippen LogP contribution is -2.16. The molecule has 0 aliphatic rings. The number of rotatable bonds is 8. The summed E-state index contributed by atoms with van der Waals surface area (Å²) in [5.74, 6) is -0.983. The highest BCUT2D eigenvalue weighted by atomic mass is 16.5. The maximum absolute atomic E-state index is 12.5. The molecule has 2 N–H and O–H groups in total. The third-order valence-corrected chi connectivity index (χ3v) is 4.25. The Morgan fingerprint density at radius 3 is 2.59 bits per heavy atom. The van der Waals surface area contributed by atoms with Gasteiger partial charge in [0.05, 0.1) is 17.9 Å². The largest absolute Gasteiger partial charge is 0.462 e. The molecule has 0 saturated heterocycles. The van der Waals surface area contributed by atoms with E-state index in [1.165, 1.54) is 6.20 Å². The topological polar surface area (TPSA) is 91.2 Å². The van der Waals surface area contributed by atoms with E-state index in [0.717, 1.165) is 24.0 Å². The van der Waals surface area contributed by atoms with Crippen molar-refractivity contribution in [3.8, 4) is 6.07 Å². The van der Waals surface area contributed by atoms with E-state index in [2.05, 4.69) is 10.6 Å². The Balaban J connectivity index is 2.13. The third-order valence-electron chi connectivity index (χ3n) is 4.25. The fraction of sp³-hybridized carbons (Fsp3) is 0.261. The minimum Gasteiger partial charge on any atom is -0.462 e. The van der Waals surface area contributed by atoms with Crippen molar-refractivity contribution in [3.05, 3.63) is 70.9 Å². The Labute approximate surface area is 171 Å². The molecule has 0 aliphatic carbocycles. The van der Waals surface area contributed by atoms with E-state index in [4.69, 9.17) is 4.74 Å². The Morgan fingerprint density at radius 2 is 1.90 bits per heavy atom. The number of unbranched alkanes of at least 4 members (excludes halogenated alkanes) is 1. The number of nitriles is 1. The number of amides is 1. The van der Waals surface area contributed by atoms with Gasteiger partial charge in [0.25, 0.3) is 5.91 Å². The average Bonchev–Trinajstić information content (AvgIpc) is 2.71. The molecule has 6 nitrogen and oxygen atoms in total. The first-order valence-electron chi connectivity index (χ1n) is 9.47. The van der Waals surface area contributed by atoms with Crippen LogP contribution in [0.15, 0.2) is 54.2 Å². The average molecular weight is 391 g/mol. The van der Waals surface area contributed by atoms with Crippen LogP contribution >= 0.6 is 0 Å². The van der Waals surface area contributed by atoms with Gasteiger partial charge in [-0.25, -0.2) is 4.79 Å². The van der Waals surface area contributed by atoms with E-state index >= 15 is 0 Å². The molecule has 2 rings (SSSR count). The summed E-state index contributed by atoms with van der Waals surface area (Å²) >= 11 is 0. The number of para-hydroxylation sites is 1. The van der Waals surface area contributed by atoms with Crippen molar-refractivity contribution in [1.82, 2.24) is 0 Å². The molecule has 29 heavy (non-hydrogen) atoms. The Hall–Kier alpha value is -3.59. The van der Waals surface area contributed by atoms with Gasteiger partial charge in [-0.3, -0.25) is 4.79 Å². The molecule has 1 amide bonds. The number of hydrogen-bond acceptors (Lipinski definition) is 5. The normalized spacial score (nSPS) is 10.8. The lowest BCUT2D eigenvalue weighted by Gasteiger charge is -2.11. The quantitative estimate of drug-likeness (QED) is 0.294. The Kier molecular flexibility index (Phi) is 7.99. The highest BCUT2D eigenvalue weighted by Crippen LogP contribution is 2.19. The van der Waals surface area contributed by atoms with Crippen LogP contribution < -0.4 is 10.6 Å². The molecule has 2 aromatic rings. The molecule has 0 bridgehead atoms. The highest BCUT2D eigenvalue weighted by molar-refractivity contribution is 6.07. The van der Waals surface area contributed by atoms with Crippen LogP contribution in [0.5, 0.6) is 0 Å². The van der Waals surface area contributed by atoms with Crippen LogP contribution in [-0.4, -0.2) is 18.5 Å². The van der Waals surface area contributed by atoms with Crippen molar-refractivity contribution in [1.29, 1.82) is 5.26 Å². The van der Waals surface area contributed by atoms with Gasteiger partial charge < -0.3 is 15.4 Å². The van der Waals surface area contributed by atoms with Gasteiger partial charge in [0.2, 0.25) is 0 Å². The Bertz CT molecular complexity index is 958. The number of nitrogens with one attached hydrogen (secondary N) is 2. The van der Waals surface area contributed by atoms with Crippen LogP contribution in [-0.2, 0) is 9.53 Å². The molecule has 0 fully saturated rings. The van der Waals surface area contributed by atoms with Crippen LogP contribution in [0, 0.1) is 25.2 Å². The molecule has 0 unspecified atom stereocenters. The van der Waals surface area contributed by atoms with Gasteiger partial charge in [0.15, 0.2) is 0 Å². The molecule has 0 spiro atoms. The van der Waals surface area contributed by atoms with Gasteiger partial charge in [0.1, 0.15) is 11.6 Å². The van der Waals surface area contributed by atoms with Gasteiger partial charge in [-0.1, -0.05) is 43.2 Å². The highest BCUT2D eigenvalue weighted by Gasteiger charge is 2.14. The van der Waals surface area contributed by atoms with Crippen LogP contribution in [0.25, 0.3) is 0 Å². The summed E-state index contributed by atoms with van der Waals surface area (Å²) < 4.78 is 5.25. The first kappa shape index (κ1) is 21.7. The standard InChI is InChI=1S/C23H25N3O3/c1-4-5-12-29-23(28)19-8-6-7-9-21(19)25-15-18(14-24)22(27)26-20-11-10-16(2)13-17(20)3/h6-11,13,15,25H,4-5,12H2,1-3H3,(H,26,27)/b18-15-. The maximum Gasteiger partial charge on any atom is 0.340 e. The van der Waals surface area contributed by atoms with Crippen LogP contribution in [0.2, 0.25) is 0 Å². The number of esters is 1.